The van der Waals surface area contributed by atoms with E-state index in [9.17, 15) is 0 Å². The fraction of sp³-hybridized carbons (Fsp3) is 0.500. The van der Waals surface area contributed by atoms with E-state index in [1.165, 1.54) is 0 Å². The molecular weight excluding hydrogens is 390 g/mol. The summed E-state index contributed by atoms with van der Waals surface area (Å²) in [5, 5.41) is 6.93. The molecule has 7 heteroatoms. The Morgan fingerprint density at radius 3 is 1.58 bits per heavy atom. The molecule has 31 heavy (non-hydrogen) atoms. The molecular formula is C24H42N5O2+. The molecule has 0 aliphatic heterocycles. The maximum atomic E-state index is 5.87. The van der Waals surface area contributed by atoms with Crippen LogP contribution >= 0.6 is 0 Å². The third-order valence-electron chi connectivity index (χ3n) is 5.64. The van der Waals surface area contributed by atoms with Crippen molar-refractivity contribution in [2.45, 2.75) is 27.2 Å². The van der Waals surface area contributed by atoms with Crippen LogP contribution in [0.15, 0.2) is 36.4 Å². The zero-order valence-corrected chi connectivity index (χ0v) is 18.8. The number of benzene rings is 2. The summed E-state index contributed by atoms with van der Waals surface area (Å²) < 4.78 is 11.6. The molecule has 7 nitrogen and oxygen atoms in total. The fourth-order valence-corrected chi connectivity index (χ4v) is 3.46. The normalized spacial score (nSPS) is 10.8. The molecule has 0 bridgehead atoms. The second-order valence-electron chi connectivity index (χ2n) is 7.86. The second kappa shape index (κ2) is 12.8. The third-order valence-corrected chi connectivity index (χ3v) is 5.64. The lowest BCUT2D eigenvalue weighted by Gasteiger charge is -2.33. The molecule has 0 aromatic heterocycles. The lowest BCUT2D eigenvalue weighted by molar-refractivity contribution is -0.907. The predicted molar refractivity (Wildman–Crippen MR) is 134 cm³/mol. The van der Waals surface area contributed by atoms with Gasteiger partial charge in [-0.1, -0.05) is 7.43 Å². The molecule has 0 amide bonds. The number of methoxy groups -OCH3 is 2. The van der Waals surface area contributed by atoms with Crippen molar-refractivity contribution in [3.8, 4) is 11.5 Å². The van der Waals surface area contributed by atoms with Crippen molar-refractivity contribution in [1.29, 1.82) is 0 Å². The second-order valence-corrected chi connectivity index (χ2v) is 7.86. The highest BCUT2D eigenvalue weighted by atomic mass is 16.5. The smallest absolute Gasteiger partial charge is 0.143 e. The molecule has 6 N–H and O–H groups in total. The summed E-state index contributed by atoms with van der Waals surface area (Å²) in [4.78, 5) is 0. The fourth-order valence-electron chi connectivity index (χ4n) is 3.46. The van der Waals surface area contributed by atoms with Crippen molar-refractivity contribution < 1.29 is 14.0 Å². The molecule has 0 radical (unpaired) electrons. The summed E-state index contributed by atoms with van der Waals surface area (Å²) >= 11 is 0. The first kappa shape index (κ1) is 26.2. The van der Waals surface area contributed by atoms with E-state index in [0.29, 0.717) is 22.9 Å². The van der Waals surface area contributed by atoms with E-state index in [1.807, 2.05) is 36.4 Å². The molecule has 2 aromatic carbocycles. The molecule has 0 atom stereocenters. The molecule has 0 heterocycles. The van der Waals surface area contributed by atoms with Gasteiger partial charge in [-0.05, 0) is 31.2 Å². The molecule has 2 aromatic rings. The highest BCUT2D eigenvalue weighted by molar-refractivity contribution is 5.62. The van der Waals surface area contributed by atoms with Crippen LogP contribution in [0.1, 0.15) is 27.2 Å². The van der Waals surface area contributed by atoms with Gasteiger partial charge in [0.05, 0.1) is 52.3 Å². The third kappa shape index (κ3) is 8.09. The van der Waals surface area contributed by atoms with Gasteiger partial charge in [0.25, 0.3) is 0 Å². The lowest BCUT2D eigenvalue weighted by atomic mass is 10.2. The number of quaternary nitrogens is 1. The Balaban J connectivity index is 0.00000480. The summed E-state index contributed by atoms with van der Waals surface area (Å²) in [6.45, 7) is 7.48. The van der Waals surface area contributed by atoms with E-state index in [0.717, 1.165) is 61.4 Å². The van der Waals surface area contributed by atoms with Gasteiger partial charge in [-0.15, -0.1) is 0 Å². The Morgan fingerprint density at radius 2 is 1.23 bits per heavy atom. The van der Waals surface area contributed by atoms with Crippen LogP contribution in [0.25, 0.3) is 0 Å². The Bertz CT molecular complexity index is 736. The van der Waals surface area contributed by atoms with Crippen molar-refractivity contribution in [3.05, 3.63) is 36.4 Å². The summed E-state index contributed by atoms with van der Waals surface area (Å²) in [6.07, 6.45) is 2.19. The van der Waals surface area contributed by atoms with Crippen LogP contribution in [0.5, 0.6) is 11.5 Å². The van der Waals surface area contributed by atoms with Crippen LogP contribution in [0, 0.1) is 0 Å². The summed E-state index contributed by atoms with van der Waals surface area (Å²) in [6, 6.07) is 11.6. The number of nitrogens with two attached hydrogens (primary N) is 2. The van der Waals surface area contributed by atoms with E-state index in [2.05, 4.69) is 24.6 Å². The molecule has 0 fully saturated rings. The van der Waals surface area contributed by atoms with Crippen molar-refractivity contribution in [3.63, 3.8) is 0 Å². The van der Waals surface area contributed by atoms with E-state index >= 15 is 0 Å². The van der Waals surface area contributed by atoms with Crippen LogP contribution in [0.2, 0.25) is 0 Å². The number of nitrogens with zero attached hydrogens (tertiary/aromatic N) is 1. The molecule has 2 rings (SSSR count). The highest BCUT2D eigenvalue weighted by Crippen LogP contribution is 2.25. The van der Waals surface area contributed by atoms with Crippen molar-refractivity contribution in [2.75, 3.05) is 76.1 Å². The van der Waals surface area contributed by atoms with Gasteiger partial charge in [-0.25, -0.2) is 0 Å². The maximum Gasteiger partial charge on any atom is 0.143 e. The number of hydrogen-bond acceptors (Lipinski definition) is 6. The average molecular weight is 433 g/mol. The van der Waals surface area contributed by atoms with Crippen LogP contribution in [0.3, 0.4) is 0 Å². The van der Waals surface area contributed by atoms with Gasteiger partial charge in [-0.2, -0.15) is 0 Å². The Labute approximate surface area is 188 Å². The predicted octanol–water partition coefficient (Wildman–Crippen LogP) is 4.28. The van der Waals surface area contributed by atoms with Crippen LogP contribution in [-0.2, 0) is 0 Å². The van der Waals surface area contributed by atoms with E-state index in [-0.39, 0.29) is 7.43 Å². The number of nitrogens with one attached hydrogen (secondary N) is 2. The van der Waals surface area contributed by atoms with Gasteiger partial charge in [-0.3, -0.25) is 0 Å². The minimum absolute atomic E-state index is 0. The average Bonchev–Trinajstić information content (AvgIpc) is 2.76. The first-order valence-electron chi connectivity index (χ1n) is 10.6. The molecule has 174 valence electrons. The molecule has 0 aliphatic rings. The number of nitrogen functional groups attached to an aromatic ring is 2. The zero-order chi connectivity index (χ0) is 22.0. The summed E-state index contributed by atoms with van der Waals surface area (Å²) in [5.41, 5.74) is 15.1. The molecule has 0 saturated heterocycles. The Kier molecular flexibility index (Phi) is 10.8. The van der Waals surface area contributed by atoms with Gasteiger partial charge in [0.1, 0.15) is 11.5 Å². The zero-order valence-electron chi connectivity index (χ0n) is 18.8. The maximum absolute atomic E-state index is 5.87. The van der Waals surface area contributed by atoms with Gasteiger partial charge in [0.2, 0.25) is 0 Å². The molecule has 0 saturated carbocycles. The number of ether oxygens (including phenoxy) is 2. The van der Waals surface area contributed by atoms with Gasteiger partial charge in [0.15, 0.2) is 0 Å². The molecule has 0 unspecified atom stereocenters. The highest BCUT2D eigenvalue weighted by Gasteiger charge is 2.18. The first-order chi connectivity index (χ1) is 14.4. The number of rotatable bonds is 13. The van der Waals surface area contributed by atoms with Crippen LogP contribution < -0.4 is 31.6 Å². The largest absolute Gasteiger partial charge is 0.495 e. The number of hydrogen-bond donors (Lipinski definition) is 4. The van der Waals surface area contributed by atoms with E-state index in [1.54, 1.807) is 14.2 Å². The van der Waals surface area contributed by atoms with Gasteiger partial charge in [0, 0.05) is 49.4 Å². The topological polar surface area (TPSA) is 94.6 Å². The quantitative estimate of drug-likeness (QED) is 0.214. The first-order valence-corrected chi connectivity index (χ1v) is 10.6. The minimum Gasteiger partial charge on any atom is -0.495 e. The minimum atomic E-state index is 0. The number of anilines is 4. The molecule has 0 aliphatic carbocycles. The standard InChI is InChI=1S/C23H38N5O2.CH4/c1-5-28(2,14-6-12-26-18-8-10-20(24)22(16-18)29-3)15-7-13-27-19-9-11-21(25)23(17-19)30-4;/h8-11,16-17,26-27H,5-7,12-15,24-25H2,1-4H3;1H4/q+1;. The van der Waals surface area contributed by atoms with Crippen molar-refractivity contribution in [2.24, 2.45) is 0 Å². The lowest BCUT2D eigenvalue weighted by Crippen LogP contribution is -2.46. The Morgan fingerprint density at radius 1 is 0.806 bits per heavy atom. The van der Waals surface area contributed by atoms with Gasteiger partial charge < -0.3 is 36.1 Å². The van der Waals surface area contributed by atoms with Crippen molar-refractivity contribution in [1.82, 2.24) is 0 Å². The van der Waals surface area contributed by atoms with Crippen LogP contribution in [-0.4, -0.2) is 58.5 Å². The van der Waals surface area contributed by atoms with Gasteiger partial charge >= 0.3 is 0 Å². The molecule has 0 spiro atoms. The summed E-state index contributed by atoms with van der Waals surface area (Å²) in [7, 11) is 5.61. The Hall–Kier alpha value is -2.80. The van der Waals surface area contributed by atoms with Crippen molar-refractivity contribution >= 4 is 22.7 Å². The SMILES string of the molecule is C.CC[N+](C)(CCCNc1ccc(N)c(OC)c1)CCCNc1ccc(N)c(OC)c1. The monoisotopic (exact) mass is 432 g/mol. The van der Waals surface area contributed by atoms with E-state index < -0.39 is 0 Å². The van der Waals surface area contributed by atoms with E-state index in [4.69, 9.17) is 20.9 Å². The summed E-state index contributed by atoms with van der Waals surface area (Å²) in [5.74, 6) is 1.42. The van der Waals surface area contributed by atoms with Crippen LogP contribution in [0.4, 0.5) is 22.7 Å².